The van der Waals surface area contributed by atoms with Crippen LogP contribution < -0.4 is 24.3 Å². The maximum absolute atomic E-state index is 12.9. The van der Waals surface area contributed by atoms with E-state index in [4.69, 9.17) is 18.9 Å². The molecule has 0 atom stereocenters. The van der Waals surface area contributed by atoms with Crippen LogP contribution in [-0.4, -0.2) is 38.8 Å². The van der Waals surface area contributed by atoms with Crippen LogP contribution in [0.15, 0.2) is 36.4 Å². The topological polar surface area (TPSA) is 81.8 Å². The minimum absolute atomic E-state index is 0.299. The van der Waals surface area contributed by atoms with Gasteiger partial charge in [-0.05, 0) is 24.6 Å². The Morgan fingerprint density at radius 2 is 1.75 bits per heavy atom. The van der Waals surface area contributed by atoms with Crippen LogP contribution in [0.3, 0.4) is 0 Å². The van der Waals surface area contributed by atoms with Gasteiger partial charge in [-0.3, -0.25) is 4.79 Å². The van der Waals surface area contributed by atoms with Crippen LogP contribution in [0.4, 0.5) is 5.69 Å². The highest BCUT2D eigenvalue weighted by atomic mass is 16.5. The van der Waals surface area contributed by atoms with E-state index in [0.29, 0.717) is 46.5 Å². The molecule has 7 heteroatoms. The maximum atomic E-state index is 12.9. The Bertz CT molecular complexity index is 980. The molecule has 28 heavy (non-hydrogen) atoms. The molecule has 1 aromatic heterocycles. The van der Waals surface area contributed by atoms with Gasteiger partial charge in [-0.25, -0.2) is 0 Å². The van der Waals surface area contributed by atoms with Crippen LogP contribution in [0, 0.1) is 0 Å². The van der Waals surface area contributed by atoms with Gasteiger partial charge in [0.25, 0.3) is 5.91 Å². The molecule has 0 unspecified atom stereocenters. The van der Waals surface area contributed by atoms with Crippen LogP contribution in [0.25, 0.3) is 10.9 Å². The first-order valence-corrected chi connectivity index (χ1v) is 8.97. The number of anilines is 1. The molecule has 1 amide bonds. The largest absolute Gasteiger partial charge is 0.496 e. The molecule has 0 aliphatic carbocycles. The normalized spacial score (nSPS) is 10.6. The van der Waals surface area contributed by atoms with Crippen molar-refractivity contribution in [2.75, 3.05) is 33.3 Å². The number of carbonyl (C=O) groups excluding carboxylic acids is 1. The van der Waals surface area contributed by atoms with E-state index in [-0.39, 0.29) is 5.91 Å². The quantitative estimate of drug-likeness (QED) is 0.607. The number of carbonyl (C=O) groups is 1. The Labute approximate surface area is 163 Å². The lowest BCUT2D eigenvalue weighted by Gasteiger charge is -2.11. The van der Waals surface area contributed by atoms with E-state index in [2.05, 4.69) is 10.3 Å². The molecule has 0 fully saturated rings. The minimum Gasteiger partial charge on any atom is -0.496 e. The van der Waals surface area contributed by atoms with Gasteiger partial charge in [-0.15, -0.1) is 0 Å². The standard InChI is InChI=1S/C21H24N2O5/c1-5-10-28-16-9-7-6-8-14(16)23-21(24)15-11-13-17(25-2)12-18(26-3)20(27-4)19(13)22-15/h6-9,11-12,22H,5,10H2,1-4H3,(H,23,24). The van der Waals surface area contributed by atoms with Gasteiger partial charge >= 0.3 is 0 Å². The Hall–Kier alpha value is -3.35. The van der Waals surface area contributed by atoms with Crippen molar-refractivity contribution in [3.05, 3.63) is 42.1 Å². The average molecular weight is 384 g/mol. The lowest BCUT2D eigenvalue weighted by molar-refractivity contribution is 0.102. The molecule has 0 spiro atoms. The molecule has 2 aromatic carbocycles. The molecular weight excluding hydrogens is 360 g/mol. The summed E-state index contributed by atoms with van der Waals surface area (Å²) in [5.74, 6) is 1.93. The highest BCUT2D eigenvalue weighted by molar-refractivity contribution is 6.08. The predicted molar refractivity (Wildman–Crippen MR) is 108 cm³/mol. The second kappa shape index (κ2) is 8.56. The summed E-state index contributed by atoms with van der Waals surface area (Å²) in [5, 5.41) is 3.62. The Morgan fingerprint density at radius 3 is 2.43 bits per heavy atom. The molecule has 0 aliphatic rings. The molecule has 0 saturated heterocycles. The van der Waals surface area contributed by atoms with Crippen molar-refractivity contribution in [2.45, 2.75) is 13.3 Å². The predicted octanol–water partition coefficient (Wildman–Crippen LogP) is 4.23. The second-order valence-electron chi connectivity index (χ2n) is 6.08. The van der Waals surface area contributed by atoms with E-state index in [1.165, 1.54) is 0 Å². The SMILES string of the molecule is CCCOc1ccccc1NC(=O)c1cc2c(OC)cc(OC)c(OC)c2[nH]1. The molecule has 3 rings (SSSR count). The van der Waals surface area contributed by atoms with E-state index < -0.39 is 0 Å². The number of hydrogen-bond acceptors (Lipinski definition) is 5. The second-order valence-corrected chi connectivity index (χ2v) is 6.08. The Balaban J connectivity index is 1.97. The maximum Gasteiger partial charge on any atom is 0.272 e. The number of H-pyrrole nitrogens is 1. The highest BCUT2D eigenvalue weighted by Gasteiger charge is 2.20. The summed E-state index contributed by atoms with van der Waals surface area (Å²) in [4.78, 5) is 16.0. The molecule has 1 heterocycles. The minimum atomic E-state index is -0.299. The number of nitrogens with one attached hydrogen (secondary N) is 2. The van der Waals surface area contributed by atoms with Gasteiger partial charge < -0.3 is 29.2 Å². The first kappa shape index (κ1) is 19.4. The van der Waals surface area contributed by atoms with E-state index in [1.807, 2.05) is 25.1 Å². The summed E-state index contributed by atoms with van der Waals surface area (Å²) in [6.07, 6.45) is 0.881. The van der Waals surface area contributed by atoms with Crippen molar-refractivity contribution in [1.29, 1.82) is 0 Å². The number of aromatic nitrogens is 1. The van der Waals surface area contributed by atoms with E-state index in [0.717, 1.165) is 11.8 Å². The van der Waals surface area contributed by atoms with Crippen molar-refractivity contribution in [3.8, 4) is 23.0 Å². The zero-order chi connectivity index (χ0) is 20.1. The number of amides is 1. The van der Waals surface area contributed by atoms with Gasteiger partial charge in [0.05, 0.1) is 39.1 Å². The van der Waals surface area contributed by atoms with Crippen LogP contribution in [0.2, 0.25) is 0 Å². The van der Waals surface area contributed by atoms with Gasteiger partial charge in [0.15, 0.2) is 11.5 Å². The summed E-state index contributed by atoms with van der Waals surface area (Å²) < 4.78 is 22.0. The van der Waals surface area contributed by atoms with Crippen LogP contribution >= 0.6 is 0 Å². The molecule has 0 aliphatic heterocycles. The fourth-order valence-corrected chi connectivity index (χ4v) is 2.96. The number of hydrogen-bond donors (Lipinski definition) is 2. The smallest absolute Gasteiger partial charge is 0.272 e. The van der Waals surface area contributed by atoms with Crippen LogP contribution in [0.5, 0.6) is 23.0 Å². The van der Waals surface area contributed by atoms with Crippen molar-refractivity contribution < 1.29 is 23.7 Å². The number of rotatable bonds is 8. The number of para-hydroxylation sites is 2. The molecule has 3 aromatic rings. The van der Waals surface area contributed by atoms with Gasteiger partial charge in [0.1, 0.15) is 17.2 Å². The molecule has 0 bridgehead atoms. The number of ether oxygens (including phenoxy) is 4. The van der Waals surface area contributed by atoms with Gasteiger partial charge in [0.2, 0.25) is 0 Å². The van der Waals surface area contributed by atoms with Crippen molar-refractivity contribution in [1.82, 2.24) is 4.98 Å². The summed E-state index contributed by atoms with van der Waals surface area (Å²) in [6, 6.07) is 10.8. The third kappa shape index (κ3) is 3.69. The zero-order valence-electron chi connectivity index (χ0n) is 16.4. The summed E-state index contributed by atoms with van der Waals surface area (Å²) >= 11 is 0. The molecule has 2 N–H and O–H groups in total. The fraction of sp³-hybridized carbons (Fsp3) is 0.286. The lowest BCUT2D eigenvalue weighted by atomic mass is 10.2. The van der Waals surface area contributed by atoms with Gasteiger partial charge in [-0.2, -0.15) is 0 Å². The fourth-order valence-electron chi connectivity index (χ4n) is 2.96. The van der Waals surface area contributed by atoms with Crippen LogP contribution in [-0.2, 0) is 0 Å². The van der Waals surface area contributed by atoms with E-state index >= 15 is 0 Å². The lowest BCUT2D eigenvalue weighted by Crippen LogP contribution is -2.13. The van der Waals surface area contributed by atoms with Crippen molar-refractivity contribution in [3.63, 3.8) is 0 Å². The van der Waals surface area contributed by atoms with Crippen molar-refractivity contribution >= 4 is 22.5 Å². The van der Waals surface area contributed by atoms with E-state index in [1.54, 1.807) is 39.5 Å². The molecule has 148 valence electrons. The number of aromatic amines is 1. The summed E-state index contributed by atoms with van der Waals surface area (Å²) in [6.45, 7) is 2.61. The average Bonchev–Trinajstić information content (AvgIpc) is 3.17. The summed E-state index contributed by atoms with van der Waals surface area (Å²) in [5.41, 5.74) is 1.60. The molecule has 7 nitrogen and oxygen atoms in total. The summed E-state index contributed by atoms with van der Waals surface area (Å²) in [7, 11) is 4.66. The van der Waals surface area contributed by atoms with Gasteiger partial charge in [-0.1, -0.05) is 19.1 Å². The van der Waals surface area contributed by atoms with Gasteiger partial charge in [0, 0.05) is 11.5 Å². The van der Waals surface area contributed by atoms with E-state index in [9.17, 15) is 4.79 Å². The Kier molecular flexibility index (Phi) is 5.93. The van der Waals surface area contributed by atoms with Crippen molar-refractivity contribution in [2.24, 2.45) is 0 Å². The first-order valence-electron chi connectivity index (χ1n) is 8.97. The molecule has 0 radical (unpaired) electrons. The highest BCUT2D eigenvalue weighted by Crippen LogP contribution is 2.41. The zero-order valence-corrected chi connectivity index (χ0v) is 16.4. The number of benzene rings is 2. The first-order chi connectivity index (χ1) is 13.6. The number of methoxy groups -OCH3 is 3. The number of fused-ring (bicyclic) bond motifs is 1. The van der Waals surface area contributed by atoms with Crippen LogP contribution in [0.1, 0.15) is 23.8 Å². The monoisotopic (exact) mass is 384 g/mol. The Morgan fingerprint density at radius 1 is 1.00 bits per heavy atom. The third-order valence-corrected chi connectivity index (χ3v) is 4.28. The molecule has 0 saturated carbocycles. The molecular formula is C21H24N2O5. The third-order valence-electron chi connectivity index (χ3n) is 4.28.